The predicted octanol–water partition coefficient (Wildman–Crippen LogP) is 3.75. The number of hydrogen-bond acceptors (Lipinski definition) is 6. The maximum absolute atomic E-state index is 13.2. The molecule has 0 amide bonds. The lowest BCUT2D eigenvalue weighted by atomic mass is 9.93. The van der Waals surface area contributed by atoms with Crippen LogP contribution in [0.3, 0.4) is 0 Å². The van der Waals surface area contributed by atoms with Gasteiger partial charge in [-0.2, -0.15) is 13.2 Å². The van der Waals surface area contributed by atoms with Crippen molar-refractivity contribution in [1.29, 1.82) is 0 Å². The van der Waals surface area contributed by atoms with Crippen LogP contribution in [0, 0.1) is 0 Å². The Morgan fingerprint density at radius 3 is 2.71 bits per heavy atom. The summed E-state index contributed by atoms with van der Waals surface area (Å²) in [7, 11) is 0. The first-order chi connectivity index (χ1) is 13.2. The molecule has 1 saturated carbocycles. The van der Waals surface area contributed by atoms with E-state index in [1.807, 2.05) is 0 Å². The zero-order chi connectivity index (χ0) is 20.3. The van der Waals surface area contributed by atoms with E-state index in [9.17, 15) is 18.0 Å². The Balaban J connectivity index is 1.84. The van der Waals surface area contributed by atoms with E-state index in [0.29, 0.717) is 0 Å². The van der Waals surface area contributed by atoms with Gasteiger partial charge in [-0.15, -0.1) is 5.10 Å². The van der Waals surface area contributed by atoms with Crippen LogP contribution >= 0.6 is 0 Å². The summed E-state index contributed by atoms with van der Waals surface area (Å²) >= 11 is 0. The van der Waals surface area contributed by atoms with E-state index in [4.69, 9.17) is 4.74 Å². The molecule has 150 valence electrons. The number of carbonyl (C=O) groups is 1. The summed E-state index contributed by atoms with van der Waals surface area (Å²) < 4.78 is 45.8. The summed E-state index contributed by atoms with van der Waals surface area (Å²) in [4.78, 5) is 19.2. The van der Waals surface area contributed by atoms with Crippen molar-refractivity contribution in [3.63, 3.8) is 0 Å². The summed E-state index contributed by atoms with van der Waals surface area (Å²) in [5.41, 5.74) is -0.833. The molecule has 0 spiro atoms. The summed E-state index contributed by atoms with van der Waals surface area (Å²) in [5, 5.41) is 7.11. The maximum Gasteiger partial charge on any atom is 0.433 e. The first kappa shape index (κ1) is 19.8. The fraction of sp³-hybridized carbons (Fsp3) is 0.444. The van der Waals surface area contributed by atoms with Crippen LogP contribution in [0.25, 0.3) is 17.6 Å². The summed E-state index contributed by atoms with van der Waals surface area (Å²) in [6.07, 6.45) is 1.77. The van der Waals surface area contributed by atoms with Crippen molar-refractivity contribution >= 4 is 18.0 Å². The minimum absolute atomic E-state index is 0.0893. The van der Waals surface area contributed by atoms with Crippen molar-refractivity contribution in [3.8, 4) is 11.4 Å². The molecule has 2 heterocycles. The molecule has 2 aromatic rings. The lowest BCUT2D eigenvalue weighted by Crippen LogP contribution is -2.27. The quantitative estimate of drug-likeness (QED) is 0.593. The van der Waals surface area contributed by atoms with Crippen LogP contribution in [-0.2, 0) is 15.7 Å². The second-order valence-electron chi connectivity index (χ2n) is 6.75. The highest BCUT2D eigenvalue weighted by molar-refractivity contribution is 5.85. The third-order valence-corrected chi connectivity index (χ3v) is 4.05. The third-order valence-electron chi connectivity index (χ3n) is 4.05. The Labute approximate surface area is 159 Å². The van der Waals surface area contributed by atoms with E-state index in [1.165, 1.54) is 23.3 Å². The van der Waals surface area contributed by atoms with Gasteiger partial charge in [-0.05, 0) is 45.2 Å². The van der Waals surface area contributed by atoms with E-state index in [2.05, 4.69) is 20.4 Å². The monoisotopic (exact) mass is 395 g/mol. The molecule has 0 bridgehead atoms. The van der Waals surface area contributed by atoms with Crippen LogP contribution < -0.4 is 5.32 Å². The first-order valence-corrected chi connectivity index (χ1v) is 8.87. The molecule has 3 rings (SSSR count). The minimum atomic E-state index is -4.59. The van der Waals surface area contributed by atoms with Gasteiger partial charge in [-0.1, -0.05) is 0 Å². The van der Waals surface area contributed by atoms with Crippen molar-refractivity contribution in [1.82, 2.24) is 19.7 Å². The fourth-order valence-corrected chi connectivity index (χ4v) is 2.53. The lowest BCUT2D eigenvalue weighted by molar-refractivity contribution is -0.142. The number of alkyl halides is 3. The zero-order valence-electron chi connectivity index (χ0n) is 15.4. The molecule has 0 unspecified atom stereocenters. The summed E-state index contributed by atoms with van der Waals surface area (Å²) in [6, 6.07) is 2.52. The van der Waals surface area contributed by atoms with Gasteiger partial charge in [0.05, 0.1) is 6.10 Å². The molecule has 7 nitrogen and oxygen atoms in total. The van der Waals surface area contributed by atoms with Crippen molar-refractivity contribution in [2.45, 2.75) is 51.4 Å². The molecule has 0 atom stereocenters. The molecule has 1 fully saturated rings. The number of esters is 1. The Morgan fingerprint density at radius 1 is 1.36 bits per heavy atom. The number of ether oxygens (including phenoxy) is 1. The van der Waals surface area contributed by atoms with Crippen LogP contribution in [0.5, 0.6) is 0 Å². The fourth-order valence-electron chi connectivity index (χ4n) is 2.53. The van der Waals surface area contributed by atoms with E-state index in [0.717, 1.165) is 31.4 Å². The van der Waals surface area contributed by atoms with Crippen molar-refractivity contribution in [2.75, 3.05) is 5.32 Å². The molecule has 2 aromatic heterocycles. The number of halogens is 3. The van der Waals surface area contributed by atoms with Gasteiger partial charge >= 0.3 is 12.1 Å². The first-order valence-electron chi connectivity index (χ1n) is 8.87. The SMILES string of the molecule is CC(C)OC(=O)/C=C\n1cnc(-c2cc(NC3CCC3)nc(C(F)(F)F)c2)n1. The average Bonchev–Trinajstić information content (AvgIpc) is 3.04. The summed E-state index contributed by atoms with van der Waals surface area (Å²) in [5.74, 6) is -0.323. The molecule has 10 heteroatoms. The van der Waals surface area contributed by atoms with Gasteiger partial charge in [0.15, 0.2) is 5.82 Å². The van der Waals surface area contributed by atoms with Gasteiger partial charge in [0.25, 0.3) is 0 Å². The normalized spacial score (nSPS) is 15.1. The third kappa shape index (κ3) is 5.08. The molecular formula is C18H20F3N5O2. The average molecular weight is 395 g/mol. The topological polar surface area (TPSA) is 81.9 Å². The van der Waals surface area contributed by atoms with Crippen molar-refractivity contribution in [3.05, 3.63) is 30.2 Å². The predicted molar refractivity (Wildman–Crippen MR) is 96.1 cm³/mol. The number of nitrogens with one attached hydrogen (secondary N) is 1. The molecule has 1 aliphatic rings. The number of rotatable bonds is 6. The van der Waals surface area contributed by atoms with E-state index < -0.39 is 17.8 Å². The molecule has 0 aliphatic heterocycles. The highest BCUT2D eigenvalue weighted by Crippen LogP contribution is 2.32. The van der Waals surface area contributed by atoms with Crippen LogP contribution in [0.4, 0.5) is 19.0 Å². The van der Waals surface area contributed by atoms with E-state index >= 15 is 0 Å². The highest BCUT2D eigenvalue weighted by Gasteiger charge is 2.34. The number of carbonyl (C=O) groups excluding carboxylic acids is 1. The highest BCUT2D eigenvalue weighted by atomic mass is 19.4. The molecule has 28 heavy (non-hydrogen) atoms. The Hall–Kier alpha value is -2.91. The van der Waals surface area contributed by atoms with Gasteiger partial charge in [0.2, 0.25) is 0 Å². The van der Waals surface area contributed by atoms with Crippen molar-refractivity contribution in [2.24, 2.45) is 0 Å². The zero-order valence-corrected chi connectivity index (χ0v) is 15.4. The smallest absolute Gasteiger partial charge is 0.433 e. The molecule has 0 radical (unpaired) electrons. The standard InChI is InChI=1S/C18H20F3N5O2/c1-11(2)28-16(27)6-7-26-10-22-17(25-26)12-8-14(18(19,20)21)24-15(9-12)23-13-4-3-5-13/h6-11,13H,3-5H2,1-2H3,(H,23,24)/b7-6-. The second kappa shape index (κ2) is 7.99. The Kier molecular flexibility index (Phi) is 5.66. The van der Waals surface area contributed by atoms with Crippen LogP contribution in [0.2, 0.25) is 0 Å². The maximum atomic E-state index is 13.2. The van der Waals surface area contributed by atoms with Gasteiger partial charge < -0.3 is 10.1 Å². The van der Waals surface area contributed by atoms with Crippen molar-refractivity contribution < 1.29 is 22.7 Å². The van der Waals surface area contributed by atoms with E-state index in [1.54, 1.807) is 13.8 Å². The molecule has 1 aliphatic carbocycles. The molecule has 1 N–H and O–H groups in total. The largest absolute Gasteiger partial charge is 0.460 e. The Bertz CT molecular complexity index is 872. The Morgan fingerprint density at radius 2 is 2.11 bits per heavy atom. The van der Waals surface area contributed by atoms with Gasteiger partial charge in [-0.3, -0.25) is 0 Å². The van der Waals surface area contributed by atoms with Gasteiger partial charge in [0, 0.05) is 23.9 Å². The van der Waals surface area contributed by atoms with Crippen LogP contribution in [0.15, 0.2) is 24.5 Å². The molecule has 0 saturated heterocycles. The van der Waals surface area contributed by atoms with E-state index in [-0.39, 0.29) is 29.4 Å². The number of hydrogen-bond donors (Lipinski definition) is 1. The molecule has 0 aromatic carbocycles. The number of aromatic nitrogens is 4. The van der Waals surface area contributed by atoms with Crippen LogP contribution in [0.1, 0.15) is 38.8 Å². The second-order valence-corrected chi connectivity index (χ2v) is 6.75. The minimum Gasteiger partial charge on any atom is -0.460 e. The number of nitrogens with zero attached hydrogens (tertiary/aromatic N) is 4. The lowest BCUT2D eigenvalue weighted by Gasteiger charge is -2.27. The number of anilines is 1. The summed E-state index contributed by atoms with van der Waals surface area (Å²) in [6.45, 7) is 3.44. The van der Waals surface area contributed by atoms with Gasteiger partial charge in [0.1, 0.15) is 17.8 Å². The molecular weight excluding hydrogens is 375 g/mol. The number of pyridine rings is 1. The van der Waals surface area contributed by atoms with Gasteiger partial charge in [-0.25, -0.2) is 19.4 Å². The van der Waals surface area contributed by atoms with Crippen LogP contribution in [-0.4, -0.2) is 37.9 Å².